The molecular weight excluding hydrogens is 320 g/mol. The predicted octanol–water partition coefficient (Wildman–Crippen LogP) is 1.99. The van der Waals surface area contributed by atoms with Crippen LogP contribution in [0.1, 0.15) is 38.7 Å². The number of aliphatic carboxylic acids is 1. The highest BCUT2D eigenvalue weighted by Crippen LogP contribution is 2.16. The number of amides is 2. The highest BCUT2D eigenvalue weighted by Gasteiger charge is 2.28. The summed E-state index contributed by atoms with van der Waals surface area (Å²) in [5, 5.41) is 14.3. The Morgan fingerprint density at radius 2 is 1.72 bits per heavy atom. The minimum atomic E-state index is -1.01. The Hall–Kier alpha value is -2.37. The van der Waals surface area contributed by atoms with Crippen molar-refractivity contribution in [3.8, 4) is 0 Å². The van der Waals surface area contributed by atoms with E-state index in [-0.39, 0.29) is 24.2 Å². The Labute approximate surface area is 149 Å². The number of benzene rings is 1. The molecule has 0 bridgehead atoms. The van der Waals surface area contributed by atoms with Crippen molar-refractivity contribution in [2.45, 2.75) is 45.6 Å². The lowest BCUT2D eigenvalue weighted by atomic mass is 9.94. The smallest absolute Gasteiger partial charge is 0.304 e. The van der Waals surface area contributed by atoms with Gasteiger partial charge in [-0.3, -0.25) is 14.4 Å². The Morgan fingerprint density at radius 1 is 1.08 bits per heavy atom. The molecule has 0 unspecified atom stereocenters. The molecule has 0 aliphatic carbocycles. The highest BCUT2D eigenvalue weighted by molar-refractivity contribution is 5.89. The second-order valence-electron chi connectivity index (χ2n) is 6.52. The van der Waals surface area contributed by atoms with E-state index in [2.05, 4.69) is 10.6 Å². The Morgan fingerprint density at radius 3 is 2.24 bits per heavy atom. The standard InChI is InChI=1S/C19H28N2O4/c1-13(2)17(19(25)20-3)21-18(24)15(12-16(22)23)11-7-10-14-8-5-4-6-9-14/h4-6,8-9,13,15,17H,7,10-12H2,1-3H3,(H,20,25)(H,21,24)(H,22,23)/t15-,17+/m1/s1. The number of aryl methyl sites for hydroxylation is 1. The van der Waals surface area contributed by atoms with Crippen molar-refractivity contribution in [3.05, 3.63) is 35.9 Å². The van der Waals surface area contributed by atoms with Gasteiger partial charge < -0.3 is 15.7 Å². The molecule has 0 radical (unpaired) electrons. The molecule has 0 saturated carbocycles. The molecule has 0 aliphatic rings. The zero-order valence-electron chi connectivity index (χ0n) is 15.1. The van der Waals surface area contributed by atoms with E-state index >= 15 is 0 Å². The van der Waals surface area contributed by atoms with Gasteiger partial charge in [0.2, 0.25) is 11.8 Å². The predicted molar refractivity (Wildman–Crippen MR) is 96.0 cm³/mol. The van der Waals surface area contributed by atoms with Crippen molar-refractivity contribution in [1.29, 1.82) is 0 Å². The van der Waals surface area contributed by atoms with Gasteiger partial charge in [-0.25, -0.2) is 0 Å². The van der Waals surface area contributed by atoms with Gasteiger partial charge >= 0.3 is 5.97 Å². The topological polar surface area (TPSA) is 95.5 Å². The van der Waals surface area contributed by atoms with Crippen molar-refractivity contribution < 1.29 is 19.5 Å². The number of rotatable bonds is 10. The first-order valence-electron chi connectivity index (χ1n) is 8.62. The lowest BCUT2D eigenvalue weighted by molar-refractivity contribution is -0.141. The van der Waals surface area contributed by atoms with Crippen LogP contribution in [0.2, 0.25) is 0 Å². The first kappa shape index (κ1) is 20.7. The van der Waals surface area contributed by atoms with E-state index in [1.807, 2.05) is 44.2 Å². The number of nitrogens with one attached hydrogen (secondary N) is 2. The monoisotopic (exact) mass is 348 g/mol. The summed E-state index contributed by atoms with van der Waals surface area (Å²) < 4.78 is 0. The van der Waals surface area contributed by atoms with Crippen LogP contribution in [0.4, 0.5) is 0 Å². The van der Waals surface area contributed by atoms with Crippen LogP contribution < -0.4 is 10.6 Å². The zero-order valence-corrected chi connectivity index (χ0v) is 15.1. The van der Waals surface area contributed by atoms with Crippen LogP contribution in [0.5, 0.6) is 0 Å². The third kappa shape index (κ3) is 7.37. The van der Waals surface area contributed by atoms with Gasteiger partial charge in [-0.05, 0) is 30.7 Å². The van der Waals surface area contributed by atoms with E-state index in [9.17, 15) is 14.4 Å². The molecule has 0 saturated heterocycles. The molecule has 6 heteroatoms. The molecule has 6 nitrogen and oxygen atoms in total. The Balaban J connectivity index is 2.67. The van der Waals surface area contributed by atoms with Gasteiger partial charge in [-0.1, -0.05) is 44.2 Å². The molecule has 0 aromatic heterocycles. The fourth-order valence-electron chi connectivity index (χ4n) is 2.70. The van der Waals surface area contributed by atoms with Crippen LogP contribution in [0.15, 0.2) is 30.3 Å². The van der Waals surface area contributed by atoms with E-state index < -0.39 is 17.9 Å². The van der Waals surface area contributed by atoms with Gasteiger partial charge in [0.05, 0.1) is 6.42 Å². The van der Waals surface area contributed by atoms with Crippen molar-refractivity contribution in [3.63, 3.8) is 0 Å². The van der Waals surface area contributed by atoms with Crippen LogP contribution >= 0.6 is 0 Å². The molecule has 0 heterocycles. The SMILES string of the molecule is CNC(=O)[C@@H](NC(=O)[C@H](CCCc1ccccc1)CC(=O)O)C(C)C. The largest absolute Gasteiger partial charge is 0.481 e. The maximum Gasteiger partial charge on any atom is 0.304 e. The lowest BCUT2D eigenvalue weighted by Crippen LogP contribution is -2.50. The third-order valence-corrected chi connectivity index (χ3v) is 4.15. The number of carboxylic acid groups (broad SMARTS) is 1. The lowest BCUT2D eigenvalue weighted by Gasteiger charge is -2.23. The van der Waals surface area contributed by atoms with E-state index in [0.717, 1.165) is 12.0 Å². The van der Waals surface area contributed by atoms with Crippen LogP contribution in [0.3, 0.4) is 0 Å². The first-order valence-corrected chi connectivity index (χ1v) is 8.62. The minimum absolute atomic E-state index is 0.0845. The molecule has 2 amide bonds. The number of carbonyl (C=O) groups excluding carboxylic acids is 2. The van der Waals surface area contributed by atoms with Crippen LogP contribution in [-0.2, 0) is 20.8 Å². The van der Waals surface area contributed by atoms with Crippen LogP contribution in [0, 0.1) is 11.8 Å². The average Bonchev–Trinajstić information content (AvgIpc) is 2.58. The first-order chi connectivity index (χ1) is 11.8. The fourth-order valence-corrected chi connectivity index (χ4v) is 2.70. The van der Waals surface area contributed by atoms with Gasteiger partial charge in [0.15, 0.2) is 0 Å². The maximum atomic E-state index is 12.5. The number of carboxylic acids is 1. The molecule has 1 aromatic rings. The number of hydrogen-bond donors (Lipinski definition) is 3. The molecule has 2 atom stereocenters. The van der Waals surface area contributed by atoms with Gasteiger partial charge in [0.1, 0.15) is 6.04 Å². The molecule has 3 N–H and O–H groups in total. The second-order valence-corrected chi connectivity index (χ2v) is 6.52. The number of carbonyl (C=O) groups is 3. The van der Waals surface area contributed by atoms with Crippen LogP contribution in [-0.4, -0.2) is 36.0 Å². The van der Waals surface area contributed by atoms with Crippen molar-refractivity contribution in [2.24, 2.45) is 11.8 Å². The molecular formula is C19H28N2O4. The summed E-state index contributed by atoms with van der Waals surface area (Å²) in [7, 11) is 1.51. The fraction of sp³-hybridized carbons (Fsp3) is 0.526. The molecule has 0 spiro atoms. The molecule has 1 aromatic carbocycles. The van der Waals surface area contributed by atoms with E-state index in [0.29, 0.717) is 12.8 Å². The van der Waals surface area contributed by atoms with Gasteiger partial charge in [-0.15, -0.1) is 0 Å². The summed E-state index contributed by atoms with van der Waals surface area (Å²) in [6, 6.07) is 9.19. The normalized spacial score (nSPS) is 13.1. The Bertz CT molecular complexity index is 572. The summed E-state index contributed by atoms with van der Waals surface area (Å²) in [6.07, 6.45) is 1.72. The molecule has 25 heavy (non-hydrogen) atoms. The van der Waals surface area contributed by atoms with E-state index in [1.54, 1.807) is 0 Å². The number of likely N-dealkylation sites (N-methyl/N-ethyl adjacent to an activating group) is 1. The molecule has 0 aliphatic heterocycles. The minimum Gasteiger partial charge on any atom is -0.481 e. The summed E-state index contributed by atoms with van der Waals surface area (Å²) in [5.41, 5.74) is 1.16. The number of hydrogen-bond acceptors (Lipinski definition) is 3. The van der Waals surface area contributed by atoms with Crippen molar-refractivity contribution in [1.82, 2.24) is 10.6 Å². The second kappa shape index (κ2) is 10.5. The summed E-state index contributed by atoms with van der Waals surface area (Å²) in [5.74, 6) is -2.40. The summed E-state index contributed by atoms with van der Waals surface area (Å²) >= 11 is 0. The van der Waals surface area contributed by atoms with E-state index in [4.69, 9.17) is 5.11 Å². The summed E-state index contributed by atoms with van der Waals surface area (Å²) in [6.45, 7) is 3.67. The Kier molecular flexibility index (Phi) is 8.67. The maximum absolute atomic E-state index is 12.5. The van der Waals surface area contributed by atoms with Crippen molar-refractivity contribution in [2.75, 3.05) is 7.05 Å². The van der Waals surface area contributed by atoms with E-state index in [1.165, 1.54) is 7.05 Å². The quantitative estimate of drug-likeness (QED) is 0.602. The highest BCUT2D eigenvalue weighted by atomic mass is 16.4. The summed E-state index contributed by atoms with van der Waals surface area (Å²) in [4.78, 5) is 35.5. The van der Waals surface area contributed by atoms with Crippen LogP contribution in [0.25, 0.3) is 0 Å². The molecule has 1 rings (SSSR count). The van der Waals surface area contributed by atoms with Gasteiger partial charge in [0, 0.05) is 13.0 Å². The molecule has 0 fully saturated rings. The van der Waals surface area contributed by atoms with Gasteiger partial charge in [-0.2, -0.15) is 0 Å². The third-order valence-electron chi connectivity index (χ3n) is 4.15. The van der Waals surface area contributed by atoms with Gasteiger partial charge in [0.25, 0.3) is 0 Å². The zero-order chi connectivity index (χ0) is 18.8. The molecule has 138 valence electrons. The average molecular weight is 348 g/mol. The van der Waals surface area contributed by atoms with Crippen molar-refractivity contribution >= 4 is 17.8 Å².